The third-order valence-electron chi connectivity index (χ3n) is 6.19. The van der Waals surface area contributed by atoms with E-state index in [0.29, 0.717) is 19.8 Å². The maximum Gasteiger partial charge on any atom is 0.307 e. The molecule has 2 aromatic carbocycles. The summed E-state index contributed by atoms with van der Waals surface area (Å²) in [5.74, 6) is -0.917. The van der Waals surface area contributed by atoms with E-state index in [2.05, 4.69) is 78.1 Å². The van der Waals surface area contributed by atoms with E-state index in [9.17, 15) is 9.90 Å². The van der Waals surface area contributed by atoms with Crippen LogP contribution in [-0.4, -0.2) is 55.4 Å². The maximum absolute atomic E-state index is 11.3. The summed E-state index contributed by atoms with van der Waals surface area (Å²) in [6.07, 6.45) is 3.75. The van der Waals surface area contributed by atoms with E-state index in [1.165, 1.54) is 22.5 Å². The van der Waals surface area contributed by atoms with Crippen molar-refractivity contribution < 1.29 is 14.6 Å². The fourth-order valence-electron chi connectivity index (χ4n) is 4.59. The number of likely N-dealkylation sites (tertiary alicyclic amines) is 1. The van der Waals surface area contributed by atoms with Gasteiger partial charge in [0.1, 0.15) is 0 Å². The second kappa shape index (κ2) is 11.8. The Hall–Kier alpha value is -1.12. The summed E-state index contributed by atoms with van der Waals surface area (Å²) in [5.41, 5.74) is 5.17. The normalized spacial score (nSPS) is 18.3. The fraction of sp³-hybridized carbons (Fsp3) is 0.458. The first-order chi connectivity index (χ1) is 15.0. The van der Waals surface area contributed by atoms with Gasteiger partial charge in [0, 0.05) is 40.0 Å². The van der Waals surface area contributed by atoms with Gasteiger partial charge in [-0.25, -0.2) is 0 Å². The number of carbonyl (C=O) groups is 1. The van der Waals surface area contributed by atoms with Crippen molar-refractivity contribution >= 4 is 61.6 Å². The third kappa shape index (κ3) is 6.26. The number of halogens is 3. The first-order valence-corrected chi connectivity index (χ1v) is 12.5. The molecule has 1 N–H and O–H groups in total. The van der Waals surface area contributed by atoms with Crippen LogP contribution in [0.2, 0.25) is 0 Å². The molecule has 0 amide bonds. The monoisotopic (exact) mass is 586 g/mol. The Morgan fingerprint density at radius 3 is 2.19 bits per heavy atom. The van der Waals surface area contributed by atoms with Gasteiger partial charge in [0.2, 0.25) is 0 Å². The molecule has 2 aliphatic rings. The summed E-state index contributed by atoms with van der Waals surface area (Å²) in [6.45, 7) is 4.42. The fourth-order valence-corrected chi connectivity index (χ4v) is 5.40. The van der Waals surface area contributed by atoms with Gasteiger partial charge in [-0.05, 0) is 79.8 Å². The van der Waals surface area contributed by atoms with E-state index in [-0.39, 0.29) is 18.3 Å². The Morgan fingerprint density at radius 1 is 1.00 bits per heavy atom. The van der Waals surface area contributed by atoms with E-state index in [4.69, 9.17) is 4.74 Å². The summed E-state index contributed by atoms with van der Waals surface area (Å²) in [4.78, 5) is 15.8. The smallest absolute Gasteiger partial charge is 0.307 e. The van der Waals surface area contributed by atoms with Gasteiger partial charge in [0.05, 0.1) is 19.1 Å². The van der Waals surface area contributed by atoms with Gasteiger partial charge in [0.15, 0.2) is 0 Å². The Bertz CT molecular complexity index is 890. The Kier molecular flexibility index (Phi) is 9.44. The molecule has 2 aliphatic heterocycles. The minimum atomic E-state index is -0.678. The summed E-state index contributed by atoms with van der Waals surface area (Å²) < 4.78 is 8.22. The molecule has 1 fully saturated rings. The van der Waals surface area contributed by atoms with E-state index >= 15 is 0 Å². The number of hydrogen-bond acceptors (Lipinski definition) is 4. The lowest BCUT2D eigenvalue weighted by molar-refractivity contribution is -0.143. The first-order valence-electron chi connectivity index (χ1n) is 10.9. The number of carboxylic acids is 1. The van der Waals surface area contributed by atoms with Crippen molar-refractivity contribution in [3.63, 3.8) is 0 Å². The lowest BCUT2D eigenvalue weighted by Crippen LogP contribution is -2.40. The summed E-state index contributed by atoms with van der Waals surface area (Å²) in [7, 11) is 0. The molecule has 0 saturated carbocycles. The molecule has 5 nitrogen and oxygen atoms in total. The molecule has 2 heterocycles. The molecule has 0 aliphatic carbocycles. The number of rotatable bonds is 7. The Balaban J connectivity index is 0.00000289. The van der Waals surface area contributed by atoms with Gasteiger partial charge in [-0.2, -0.15) is 0 Å². The quantitative estimate of drug-likeness (QED) is 0.422. The zero-order chi connectivity index (χ0) is 21.8. The van der Waals surface area contributed by atoms with Crippen LogP contribution >= 0.6 is 44.3 Å². The van der Waals surface area contributed by atoms with E-state index in [1.807, 2.05) is 0 Å². The average molecular weight is 589 g/mol. The van der Waals surface area contributed by atoms with E-state index in [1.54, 1.807) is 0 Å². The molecule has 0 unspecified atom stereocenters. The van der Waals surface area contributed by atoms with Crippen LogP contribution in [0.5, 0.6) is 0 Å². The van der Waals surface area contributed by atoms with Crippen molar-refractivity contribution in [2.75, 3.05) is 44.3 Å². The number of aliphatic carboxylic acids is 1. The summed E-state index contributed by atoms with van der Waals surface area (Å²) in [5, 5.41) is 9.26. The number of ether oxygens (including phenoxy) is 1. The highest BCUT2D eigenvalue weighted by Gasteiger charge is 2.25. The number of aryl methyl sites for hydroxylation is 2. The molecule has 0 spiro atoms. The predicted octanol–water partition coefficient (Wildman–Crippen LogP) is 5.68. The van der Waals surface area contributed by atoms with Crippen LogP contribution in [0.15, 0.2) is 45.3 Å². The molecule has 174 valence electrons. The zero-order valence-electron chi connectivity index (χ0n) is 17.9. The molecular formula is C24H29Br2ClN2O3. The van der Waals surface area contributed by atoms with Gasteiger partial charge in [0.25, 0.3) is 0 Å². The number of benzene rings is 2. The highest BCUT2D eigenvalue weighted by Crippen LogP contribution is 2.38. The van der Waals surface area contributed by atoms with Crippen molar-refractivity contribution in [2.24, 2.45) is 5.92 Å². The maximum atomic E-state index is 11.3. The second-order valence-corrected chi connectivity index (χ2v) is 10.1. The highest BCUT2D eigenvalue weighted by molar-refractivity contribution is 9.10. The molecule has 4 rings (SSSR count). The van der Waals surface area contributed by atoms with Crippen molar-refractivity contribution in [1.29, 1.82) is 0 Å². The van der Waals surface area contributed by atoms with Crippen molar-refractivity contribution in [2.45, 2.75) is 25.7 Å². The van der Waals surface area contributed by atoms with Gasteiger partial charge in [-0.3, -0.25) is 4.79 Å². The number of anilines is 2. The largest absolute Gasteiger partial charge is 0.481 e. The molecule has 32 heavy (non-hydrogen) atoms. The topological polar surface area (TPSA) is 53.0 Å². The molecule has 8 heteroatoms. The number of hydrogen-bond donors (Lipinski definition) is 1. The van der Waals surface area contributed by atoms with Crippen LogP contribution in [0.4, 0.5) is 11.4 Å². The van der Waals surface area contributed by atoms with E-state index in [0.717, 1.165) is 54.3 Å². The number of carboxylic acid groups (broad SMARTS) is 1. The van der Waals surface area contributed by atoms with Crippen LogP contribution in [-0.2, 0) is 22.4 Å². The van der Waals surface area contributed by atoms with Crippen LogP contribution in [0, 0.1) is 5.92 Å². The molecule has 1 saturated heterocycles. The molecule has 0 aromatic heterocycles. The summed E-state index contributed by atoms with van der Waals surface area (Å²) in [6, 6.07) is 13.0. The lowest BCUT2D eigenvalue weighted by atomic mass is 9.98. The Labute approximate surface area is 212 Å². The second-order valence-electron chi connectivity index (χ2n) is 8.29. The number of fused-ring (bicyclic) bond motifs is 2. The molecule has 0 bridgehead atoms. The van der Waals surface area contributed by atoms with Crippen LogP contribution < -0.4 is 4.90 Å². The van der Waals surface area contributed by atoms with Crippen LogP contribution in [0.1, 0.15) is 24.0 Å². The zero-order valence-corrected chi connectivity index (χ0v) is 21.9. The molecule has 1 atom stereocenters. The van der Waals surface area contributed by atoms with Crippen molar-refractivity contribution in [3.8, 4) is 0 Å². The van der Waals surface area contributed by atoms with Crippen LogP contribution in [0.3, 0.4) is 0 Å². The minimum Gasteiger partial charge on any atom is -0.481 e. The SMILES string of the molecule is Cl.O=C(O)[C@@H]1CCCN(CCOCCN2c3ccc(Br)cc3CCc3cc(Br)ccc32)C1. The molecule has 0 radical (unpaired) electrons. The Morgan fingerprint density at radius 2 is 1.59 bits per heavy atom. The predicted molar refractivity (Wildman–Crippen MR) is 138 cm³/mol. The van der Waals surface area contributed by atoms with Gasteiger partial charge in [-0.15, -0.1) is 12.4 Å². The minimum absolute atomic E-state index is 0. The highest BCUT2D eigenvalue weighted by atomic mass is 79.9. The number of nitrogens with zero attached hydrogens (tertiary/aromatic N) is 2. The number of piperidine rings is 1. The van der Waals surface area contributed by atoms with Crippen molar-refractivity contribution in [1.82, 2.24) is 4.90 Å². The first kappa shape index (κ1) is 25.5. The third-order valence-corrected chi connectivity index (χ3v) is 7.18. The molecule has 2 aromatic rings. The standard InChI is InChI=1S/C24H28Br2N2O3.ClH/c25-20-5-7-22-17(14-20)3-4-18-15-21(26)6-8-23(18)28(22)11-13-31-12-10-27-9-1-2-19(16-27)24(29)30;/h5-8,14-15,19H,1-4,9-13,16H2,(H,29,30);1H/t19-;/m1./s1. The average Bonchev–Trinajstić information content (AvgIpc) is 2.90. The van der Waals surface area contributed by atoms with Gasteiger partial charge < -0.3 is 19.6 Å². The van der Waals surface area contributed by atoms with Gasteiger partial charge in [-0.1, -0.05) is 31.9 Å². The summed E-state index contributed by atoms with van der Waals surface area (Å²) >= 11 is 7.23. The van der Waals surface area contributed by atoms with E-state index < -0.39 is 5.97 Å². The molecular weight excluding hydrogens is 560 g/mol. The lowest BCUT2D eigenvalue weighted by Gasteiger charge is -2.30. The van der Waals surface area contributed by atoms with Crippen LogP contribution in [0.25, 0.3) is 0 Å². The van der Waals surface area contributed by atoms with Crippen molar-refractivity contribution in [3.05, 3.63) is 56.5 Å². The van der Waals surface area contributed by atoms with Gasteiger partial charge >= 0.3 is 5.97 Å².